The second-order valence-corrected chi connectivity index (χ2v) is 10.3. The zero-order chi connectivity index (χ0) is 23.0. The van der Waals surface area contributed by atoms with Crippen molar-refractivity contribution in [1.82, 2.24) is 4.90 Å². The van der Waals surface area contributed by atoms with E-state index in [0.717, 1.165) is 0 Å². The third-order valence-electron chi connectivity index (χ3n) is 4.93. The van der Waals surface area contributed by atoms with Crippen molar-refractivity contribution in [2.75, 3.05) is 31.3 Å². The molecule has 1 heterocycles. The van der Waals surface area contributed by atoms with Crippen LogP contribution in [-0.2, 0) is 24.2 Å². The Hall–Kier alpha value is -2.42. The average Bonchev–Trinajstić information content (AvgIpc) is 3.08. The molecule has 0 aliphatic carbocycles. The number of carbonyl (C=O) groups excluding carboxylic acids is 3. The fourth-order valence-electron chi connectivity index (χ4n) is 3.43. The molecule has 1 aliphatic rings. The van der Waals surface area contributed by atoms with Crippen LogP contribution in [0.15, 0.2) is 24.3 Å². The van der Waals surface area contributed by atoms with Gasteiger partial charge in [-0.05, 0) is 43.5 Å². The quantitative estimate of drug-likeness (QED) is 0.374. The molecule has 1 unspecified atom stereocenters. The minimum absolute atomic E-state index is 0.0302. The topological polar surface area (TPSA) is 107 Å². The summed E-state index contributed by atoms with van der Waals surface area (Å²) in [5, 5.41) is 0. The second kappa shape index (κ2) is 11.3. The van der Waals surface area contributed by atoms with Crippen LogP contribution in [0.5, 0.6) is 5.75 Å². The van der Waals surface area contributed by atoms with Gasteiger partial charge in [0.25, 0.3) is 5.91 Å². The van der Waals surface area contributed by atoms with E-state index in [4.69, 9.17) is 9.47 Å². The summed E-state index contributed by atoms with van der Waals surface area (Å²) >= 11 is 0. The number of hydrogen-bond acceptors (Lipinski definition) is 7. The molecule has 1 fully saturated rings. The van der Waals surface area contributed by atoms with Crippen molar-refractivity contribution in [1.29, 1.82) is 0 Å². The SMILES string of the molecule is CCOc1ccc(C(=O)CCC(=O)OCC(=O)N(CC(C)C)C2CCS(=O)(=O)C2)cc1. The van der Waals surface area contributed by atoms with Crippen molar-refractivity contribution in [2.45, 2.75) is 46.1 Å². The first-order valence-corrected chi connectivity index (χ1v) is 12.3. The Labute approximate surface area is 183 Å². The molecular weight excluding hydrogens is 422 g/mol. The summed E-state index contributed by atoms with van der Waals surface area (Å²) in [4.78, 5) is 38.4. The van der Waals surface area contributed by atoms with Crippen molar-refractivity contribution in [3.63, 3.8) is 0 Å². The van der Waals surface area contributed by atoms with E-state index in [1.165, 1.54) is 4.90 Å². The van der Waals surface area contributed by atoms with E-state index in [0.29, 0.717) is 30.9 Å². The van der Waals surface area contributed by atoms with E-state index < -0.39 is 28.3 Å². The molecule has 1 atom stereocenters. The molecule has 31 heavy (non-hydrogen) atoms. The van der Waals surface area contributed by atoms with E-state index in [2.05, 4.69) is 0 Å². The van der Waals surface area contributed by atoms with Crippen LogP contribution in [0.3, 0.4) is 0 Å². The minimum Gasteiger partial charge on any atom is -0.494 e. The van der Waals surface area contributed by atoms with Crippen molar-refractivity contribution in [3.8, 4) is 5.75 Å². The highest BCUT2D eigenvalue weighted by atomic mass is 32.2. The van der Waals surface area contributed by atoms with Gasteiger partial charge in [0.1, 0.15) is 5.75 Å². The predicted molar refractivity (Wildman–Crippen MR) is 116 cm³/mol. The Kier molecular flexibility index (Phi) is 9.03. The molecule has 1 saturated heterocycles. The highest BCUT2D eigenvalue weighted by Crippen LogP contribution is 2.19. The number of Topliss-reactive ketones (excluding diaryl/α,β-unsaturated/α-hetero) is 1. The van der Waals surface area contributed by atoms with Gasteiger partial charge in [-0.25, -0.2) is 8.42 Å². The summed E-state index contributed by atoms with van der Waals surface area (Å²) in [6, 6.07) is 6.28. The van der Waals surface area contributed by atoms with Crippen LogP contribution >= 0.6 is 0 Å². The summed E-state index contributed by atoms with van der Waals surface area (Å²) in [6.07, 6.45) is 0.226. The number of nitrogens with zero attached hydrogens (tertiary/aromatic N) is 1. The molecule has 0 saturated carbocycles. The number of hydrogen-bond donors (Lipinski definition) is 0. The number of rotatable bonds is 11. The largest absolute Gasteiger partial charge is 0.494 e. The Morgan fingerprint density at radius 1 is 1.13 bits per heavy atom. The first kappa shape index (κ1) is 24.8. The van der Waals surface area contributed by atoms with Gasteiger partial charge in [-0.2, -0.15) is 0 Å². The van der Waals surface area contributed by atoms with Crippen LogP contribution < -0.4 is 4.74 Å². The number of ketones is 1. The molecule has 1 aromatic carbocycles. The first-order chi connectivity index (χ1) is 14.6. The number of benzene rings is 1. The monoisotopic (exact) mass is 453 g/mol. The standard InChI is InChI=1S/C22H31NO7S/c1-4-29-19-7-5-17(6-8-19)20(24)9-10-22(26)30-14-21(25)23(13-16(2)3)18-11-12-31(27,28)15-18/h5-8,16,18H,4,9-15H2,1-3H3. The highest BCUT2D eigenvalue weighted by molar-refractivity contribution is 7.91. The fourth-order valence-corrected chi connectivity index (χ4v) is 5.16. The Morgan fingerprint density at radius 2 is 1.81 bits per heavy atom. The summed E-state index contributed by atoms with van der Waals surface area (Å²) < 4.78 is 33.9. The lowest BCUT2D eigenvalue weighted by atomic mass is 10.1. The lowest BCUT2D eigenvalue weighted by molar-refractivity contribution is -0.153. The van der Waals surface area contributed by atoms with Crippen LogP contribution in [0, 0.1) is 5.92 Å². The predicted octanol–water partition coefficient (Wildman–Crippen LogP) is 2.26. The average molecular weight is 454 g/mol. The molecule has 2 rings (SSSR count). The van der Waals surface area contributed by atoms with Gasteiger partial charge >= 0.3 is 5.97 Å². The van der Waals surface area contributed by atoms with Crippen LogP contribution in [-0.4, -0.2) is 68.3 Å². The second-order valence-electron chi connectivity index (χ2n) is 8.04. The minimum atomic E-state index is -3.14. The highest BCUT2D eigenvalue weighted by Gasteiger charge is 2.35. The van der Waals surface area contributed by atoms with Gasteiger partial charge in [0.05, 0.1) is 24.5 Å². The lowest BCUT2D eigenvalue weighted by Crippen LogP contribution is -2.45. The molecule has 172 valence electrons. The molecule has 0 aromatic heterocycles. The number of ether oxygens (including phenoxy) is 2. The van der Waals surface area contributed by atoms with Gasteiger partial charge in [-0.3, -0.25) is 14.4 Å². The number of esters is 1. The van der Waals surface area contributed by atoms with Crippen LogP contribution in [0.1, 0.15) is 50.4 Å². The van der Waals surface area contributed by atoms with E-state index in [1.54, 1.807) is 24.3 Å². The van der Waals surface area contributed by atoms with Gasteiger partial charge in [-0.1, -0.05) is 13.8 Å². The molecule has 0 N–H and O–H groups in total. The third-order valence-corrected chi connectivity index (χ3v) is 6.68. The molecule has 0 radical (unpaired) electrons. The lowest BCUT2D eigenvalue weighted by Gasteiger charge is -2.29. The molecule has 9 heteroatoms. The van der Waals surface area contributed by atoms with E-state index in [1.807, 2.05) is 20.8 Å². The van der Waals surface area contributed by atoms with Gasteiger partial charge in [-0.15, -0.1) is 0 Å². The maximum absolute atomic E-state index is 12.6. The third kappa shape index (κ3) is 7.97. The molecule has 1 aliphatic heterocycles. The normalized spacial score (nSPS) is 17.4. The zero-order valence-electron chi connectivity index (χ0n) is 18.3. The molecule has 1 aromatic rings. The van der Waals surface area contributed by atoms with Crippen LogP contribution in [0.4, 0.5) is 0 Å². The van der Waals surface area contributed by atoms with Gasteiger partial charge in [0, 0.05) is 24.6 Å². The number of carbonyl (C=O) groups is 3. The van der Waals surface area contributed by atoms with Gasteiger partial charge in [0.15, 0.2) is 22.2 Å². The van der Waals surface area contributed by atoms with Gasteiger partial charge < -0.3 is 14.4 Å². The Morgan fingerprint density at radius 3 is 2.35 bits per heavy atom. The van der Waals surface area contributed by atoms with Crippen LogP contribution in [0.2, 0.25) is 0 Å². The summed E-state index contributed by atoms with van der Waals surface area (Å²) in [5.74, 6) is -0.446. The fraction of sp³-hybridized carbons (Fsp3) is 0.591. The molecule has 0 bridgehead atoms. The summed E-state index contributed by atoms with van der Waals surface area (Å²) in [7, 11) is -3.14. The first-order valence-electron chi connectivity index (χ1n) is 10.5. The van der Waals surface area contributed by atoms with E-state index in [9.17, 15) is 22.8 Å². The van der Waals surface area contributed by atoms with Gasteiger partial charge in [0.2, 0.25) is 0 Å². The van der Waals surface area contributed by atoms with Crippen molar-refractivity contribution in [3.05, 3.63) is 29.8 Å². The smallest absolute Gasteiger partial charge is 0.306 e. The number of sulfone groups is 1. The Bertz CT molecular complexity index is 878. The molecule has 0 spiro atoms. The van der Waals surface area contributed by atoms with E-state index >= 15 is 0 Å². The van der Waals surface area contributed by atoms with Crippen molar-refractivity contribution >= 4 is 27.5 Å². The maximum Gasteiger partial charge on any atom is 0.306 e. The molecule has 1 amide bonds. The molecule has 8 nitrogen and oxygen atoms in total. The molecular formula is C22H31NO7S. The Balaban J connectivity index is 1.82. The summed E-state index contributed by atoms with van der Waals surface area (Å²) in [6.45, 7) is 6.20. The van der Waals surface area contributed by atoms with E-state index in [-0.39, 0.29) is 42.1 Å². The zero-order valence-corrected chi connectivity index (χ0v) is 19.2. The van der Waals surface area contributed by atoms with Crippen molar-refractivity contribution < 1.29 is 32.3 Å². The van der Waals surface area contributed by atoms with Crippen LogP contribution in [0.25, 0.3) is 0 Å². The summed E-state index contributed by atoms with van der Waals surface area (Å²) in [5.41, 5.74) is 0.470. The number of amides is 1. The van der Waals surface area contributed by atoms with Crippen molar-refractivity contribution in [2.24, 2.45) is 5.92 Å². The maximum atomic E-state index is 12.6.